The number of fused-ring (bicyclic) bond motifs is 1. The van der Waals surface area contributed by atoms with E-state index in [1.807, 2.05) is 42.5 Å². The maximum Gasteiger partial charge on any atom is 0.175 e. The van der Waals surface area contributed by atoms with Crippen molar-refractivity contribution < 1.29 is 13.2 Å². The second kappa shape index (κ2) is 9.60. The van der Waals surface area contributed by atoms with Crippen LogP contribution < -0.4 is 10.1 Å². The molecule has 0 aliphatic carbocycles. The van der Waals surface area contributed by atoms with Gasteiger partial charge in [-0.05, 0) is 48.7 Å². The summed E-state index contributed by atoms with van der Waals surface area (Å²) < 4.78 is 30.8. The highest BCUT2D eigenvalue weighted by Gasteiger charge is 2.28. The van der Waals surface area contributed by atoms with Crippen molar-refractivity contribution in [1.29, 1.82) is 0 Å². The highest BCUT2D eigenvalue weighted by molar-refractivity contribution is 7.90. The van der Waals surface area contributed by atoms with Crippen molar-refractivity contribution in [3.8, 4) is 5.75 Å². The average Bonchev–Trinajstić information content (AvgIpc) is 2.87. The fourth-order valence-electron chi connectivity index (χ4n) is 4.56. The zero-order valence-corrected chi connectivity index (χ0v) is 20.1. The summed E-state index contributed by atoms with van der Waals surface area (Å²) in [4.78, 5) is 0.234. The van der Waals surface area contributed by atoms with Gasteiger partial charge in [0.1, 0.15) is 18.1 Å². The lowest BCUT2D eigenvalue weighted by molar-refractivity contribution is 0.161. The molecule has 176 valence electrons. The molecule has 1 N–H and O–H groups in total. The molecule has 0 radical (unpaired) electrons. The Morgan fingerprint density at radius 1 is 1.03 bits per heavy atom. The van der Waals surface area contributed by atoms with Crippen LogP contribution in [0.15, 0.2) is 82.8 Å². The molecule has 0 bridgehead atoms. The molecule has 0 saturated carbocycles. The van der Waals surface area contributed by atoms with Crippen LogP contribution in [-0.4, -0.2) is 44.5 Å². The van der Waals surface area contributed by atoms with Gasteiger partial charge in [-0.1, -0.05) is 54.6 Å². The maximum absolute atomic E-state index is 12.3. The molecule has 3 aromatic carbocycles. The van der Waals surface area contributed by atoms with Gasteiger partial charge < -0.3 is 10.1 Å². The Kier molecular flexibility index (Phi) is 6.39. The molecule has 1 fully saturated rings. The number of benzene rings is 3. The Morgan fingerprint density at radius 2 is 1.82 bits per heavy atom. The molecule has 7 heteroatoms. The van der Waals surface area contributed by atoms with Crippen molar-refractivity contribution in [1.82, 2.24) is 10.3 Å². The fourth-order valence-corrected chi connectivity index (χ4v) is 5.20. The smallest absolute Gasteiger partial charge is 0.175 e. The third kappa shape index (κ3) is 4.86. The van der Waals surface area contributed by atoms with E-state index in [4.69, 9.17) is 9.84 Å². The van der Waals surface area contributed by atoms with Crippen LogP contribution in [0.5, 0.6) is 5.75 Å². The molecule has 0 spiro atoms. The van der Waals surface area contributed by atoms with Crippen LogP contribution in [0.3, 0.4) is 0 Å². The molecular weight excluding hydrogens is 446 g/mol. The van der Waals surface area contributed by atoms with Crippen molar-refractivity contribution in [2.45, 2.75) is 36.9 Å². The van der Waals surface area contributed by atoms with Crippen molar-refractivity contribution in [3.05, 3.63) is 95.1 Å². The first-order chi connectivity index (χ1) is 16.5. The van der Waals surface area contributed by atoms with Crippen LogP contribution in [0, 0.1) is 0 Å². The molecule has 1 saturated heterocycles. The molecule has 5 rings (SSSR count). The molecule has 3 aromatic rings. The molecule has 0 amide bonds. The van der Waals surface area contributed by atoms with Crippen molar-refractivity contribution >= 4 is 15.5 Å². The maximum atomic E-state index is 12.3. The van der Waals surface area contributed by atoms with E-state index < -0.39 is 9.84 Å². The zero-order chi connectivity index (χ0) is 23.5. The topological polar surface area (TPSA) is 71.0 Å². The van der Waals surface area contributed by atoms with E-state index in [9.17, 15) is 8.42 Å². The summed E-state index contributed by atoms with van der Waals surface area (Å²) in [7, 11) is -3.38. The van der Waals surface area contributed by atoms with Crippen LogP contribution in [-0.2, 0) is 23.0 Å². The largest absolute Gasteiger partial charge is 0.488 e. The van der Waals surface area contributed by atoms with E-state index in [2.05, 4.69) is 28.5 Å². The Morgan fingerprint density at radius 3 is 2.59 bits per heavy atom. The third-order valence-corrected chi connectivity index (χ3v) is 7.51. The summed E-state index contributed by atoms with van der Waals surface area (Å²) in [5.74, 6) is 0.518. The van der Waals surface area contributed by atoms with Gasteiger partial charge in [0, 0.05) is 23.9 Å². The Bertz CT molecular complexity index is 1300. The molecule has 0 aromatic heterocycles. The van der Waals surface area contributed by atoms with E-state index in [-0.39, 0.29) is 4.90 Å². The van der Waals surface area contributed by atoms with E-state index >= 15 is 0 Å². The number of hydrazone groups is 1. The number of hydrogen-bond acceptors (Lipinski definition) is 6. The van der Waals surface area contributed by atoms with Crippen molar-refractivity contribution in [2.75, 3.05) is 19.3 Å². The molecule has 1 atom stereocenters. The Labute approximate surface area is 201 Å². The third-order valence-electron chi connectivity index (χ3n) is 6.40. The van der Waals surface area contributed by atoms with E-state index in [0.29, 0.717) is 18.4 Å². The quantitative estimate of drug-likeness (QED) is 0.584. The van der Waals surface area contributed by atoms with E-state index in [0.717, 1.165) is 54.9 Å². The van der Waals surface area contributed by atoms with Crippen molar-refractivity contribution in [2.24, 2.45) is 5.10 Å². The molecule has 6 nitrogen and oxygen atoms in total. The van der Waals surface area contributed by atoms with Gasteiger partial charge in [-0.2, -0.15) is 5.10 Å². The number of hydrogen-bond donors (Lipinski definition) is 1. The van der Waals surface area contributed by atoms with Crippen LogP contribution in [0.1, 0.15) is 35.1 Å². The van der Waals surface area contributed by atoms with E-state index in [1.54, 1.807) is 12.1 Å². The van der Waals surface area contributed by atoms with Crippen LogP contribution in [0.25, 0.3) is 0 Å². The van der Waals surface area contributed by atoms with Crippen molar-refractivity contribution in [3.63, 3.8) is 0 Å². The summed E-state index contributed by atoms with van der Waals surface area (Å²) >= 11 is 0. The molecule has 2 heterocycles. The predicted molar refractivity (Wildman–Crippen MR) is 134 cm³/mol. The standard InChI is InChI=1S/C27H29N3O3S/c1-34(31,32)23-13-14-25(26(16-23)33-19-20-8-3-2-4-9-20)27-24-12-6-5-10-21(24)18-30(29-27)22-11-7-15-28-17-22/h2-6,8-10,12-14,16,22,28H,7,11,15,17-19H2,1H3/t22-/m1/s1. The monoisotopic (exact) mass is 475 g/mol. The number of piperidine rings is 1. The normalized spacial score (nSPS) is 18.2. The van der Waals surface area contributed by atoms with Gasteiger partial charge in [-0.25, -0.2) is 8.42 Å². The SMILES string of the molecule is CS(=O)(=O)c1ccc(C2=NN([C@@H]3CCCNC3)Cc3ccccc32)c(OCc2ccccc2)c1. The summed E-state index contributed by atoms with van der Waals surface area (Å²) in [6.07, 6.45) is 3.44. The summed E-state index contributed by atoms with van der Waals surface area (Å²) in [5.41, 5.74) is 4.89. The number of nitrogens with zero attached hydrogens (tertiary/aromatic N) is 2. The zero-order valence-electron chi connectivity index (χ0n) is 19.3. The Hall–Kier alpha value is -3.16. The lowest BCUT2D eigenvalue weighted by Gasteiger charge is -2.36. The van der Waals surface area contributed by atoms with Gasteiger partial charge >= 0.3 is 0 Å². The summed E-state index contributed by atoms with van der Waals surface area (Å²) in [6, 6.07) is 23.6. The lowest BCUT2D eigenvalue weighted by atomic mass is 9.94. The average molecular weight is 476 g/mol. The first kappa shape index (κ1) is 22.6. The first-order valence-electron chi connectivity index (χ1n) is 11.6. The van der Waals surface area contributed by atoms with Gasteiger partial charge in [0.25, 0.3) is 0 Å². The van der Waals surface area contributed by atoms with Gasteiger partial charge in [0.2, 0.25) is 0 Å². The highest BCUT2D eigenvalue weighted by Crippen LogP contribution is 2.32. The predicted octanol–water partition coefficient (Wildman–Crippen LogP) is 3.99. The van der Waals surface area contributed by atoms with E-state index in [1.165, 1.54) is 11.8 Å². The Balaban J connectivity index is 1.58. The molecular formula is C27H29N3O3S. The number of sulfone groups is 1. The second-order valence-corrected chi connectivity index (χ2v) is 10.9. The fraction of sp³-hybridized carbons (Fsp3) is 0.296. The molecule has 2 aliphatic heterocycles. The lowest BCUT2D eigenvalue weighted by Crippen LogP contribution is -2.45. The first-order valence-corrected chi connectivity index (χ1v) is 13.5. The van der Waals surface area contributed by atoms with Crippen LogP contribution in [0.4, 0.5) is 0 Å². The molecule has 2 aliphatic rings. The highest BCUT2D eigenvalue weighted by atomic mass is 32.2. The molecule has 0 unspecified atom stereocenters. The molecule has 34 heavy (non-hydrogen) atoms. The minimum absolute atomic E-state index is 0.234. The van der Waals surface area contributed by atoms with Crippen LogP contribution >= 0.6 is 0 Å². The summed E-state index contributed by atoms with van der Waals surface area (Å²) in [6.45, 7) is 3.05. The van der Waals surface area contributed by atoms with Gasteiger partial charge in [0.15, 0.2) is 9.84 Å². The summed E-state index contributed by atoms with van der Waals surface area (Å²) in [5, 5.41) is 10.8. The minimum Gasteiger partial charge on any atom is -0.488 e. The van der Waals surface area contributed by atoms with Gasteiger partial charge in [-0.3, -0.25) is 5.01 Å². The minimum atomic E-state index is -3.38. The van der Waals surface area contributed by atoms with Gasteiger partial charge in [-0.15, -0.1) is 0 Å². The number of rotatable bonds is 6. The second-order valence-electron chi connectivity index (χ2n) is 8.91. The van der Waals surface area contributed by atoms with Gasteiger partial charge in [0.05, 0.1) is 17.5 Å². The number of nitrogens with one attached hydrogen (secondary N) is 1. The van der Waals surface area contributed by atoms with Crippen LogP contribution in [0.2, 0.25) is 0 Å². The number of ether oxygens (including phenoxy) is 1.